The molecule has 0 aliphatic carbocycles. The maximum absolute atomic E-state index is 10.6. The molecule has 0 aliphatic rings. The lowest BCUT2D eigenvalue weighted by Crippen LogP contribution is -2.18. The molecule has 0 heterocycles. The van der Waals surface area contributed by atoms with Gasteiger partial charge in [0.15, 0.2) is 0 Å². The summed E-state index contributed by atoms with van der Waals surface area (Å²) in [7, 11) is 0. The molecular weight excluding hydrogens is 272 g/mol. The monoisotopic (exact) mass is 287 g/mol. The first-order chi connectivity index (χ1) is 10.7. The Balaban J connectivity index is 1.93. The van der Waals surface area contributed by atoms with Crippen LogP contribution in [0.2, 0.25) is 0 Å². The van der Waals surface area contributed by atoms with E-state index >= 15 is 0 Å². The number of benzene rings is 3. The van der Waals surface area contributed by atoms with Crippen molar-refractivity contribution >= 4 is 22.8 Å². The quantitative estimate of drug-likeness (QED) is 0.691. The molecule has 0 aromatic heterocycles. The SMILES string of the molecule is O=C([O-])/C=C/c1ccccc1Cc1ccc2ccccc2c1. The van der Waals surface area contributed by atoms with Crippen molar-refractivity contribution in [3.05, 3.63) is 89.5 Å². The molecule has 0 saturated carbocycles. The predicted octanol–water partition coefficient (Wildman–Crippen LogP) is 3.19. The lowest BCUT2D eigenvalue weighted by molar-refractivity contribution is -0.297. The molecule has 0 amide bonds. The first-order valence-corrected chi connectivity index (χ1v) is 7.17. The number of carbonyl (C=O) groups is 1. The summed E-state index contributed by atoms with van der Waals surface area (Å²) in [5.74, 6) is -1.18. The van der Waals surface area contributed by atoms with E-state index in [0.717, 1.165) is 23.6 Å². The summed E-state index contributed by atoms with van der Waals surface area (Å²) in [6, 6.07) is 22.5. The maximum atomic E-state index is 10.6. The van der Waals surface area contributed by atoms with Gasteiger partial charge in [-0.1, -0.05) is 72.8 Å². The predicted molar refractivity (Wildman–Crippen MR) is 87.2 cm³/mol. The maximum Gasteiger partial charge on any atom is 0.0643 e. The molecule has 2 nitrogen and oxygen atoms in total. The molecule has 0 atom stereocenters. The molecule has 3 aromatic rings. The van der Waals surface area contributed by atoms with Gasteiger partial charge < -0.3 is 9.90 Å². The van der Waals surface area contributed by atoms with E-state index in [1.54, 1.807) is 6.08 Å². The van der Waals surface area contributed by atoms with Gasteiger partial charge in [0.1, 0.15) is 0 Å². The van der Waals surface area contributed by atoms with E-state index in [1.807, 2.05) is 36.4 Å². The minimum atomic E-state index is -1.18. The molecule has 0 bridgehead atoms. The molecule has 2 heteroatoms. The smallest absolute Gasteiger partial charge is 0.0643 e. The zero-order valence-corrected chi connectivity index (χ0v) is 12.0. The lowest BCUT2D eigenvalue weighted by Gasteiger charge is -2.08. The van der Waals surface area contributed by atoms with E-state index in [2.05, 4.69) is 30.3 Å². The standard InChI is InChI=1S/C20H16O2/c21-20(22)12-11-17-6-2-4-8-19(17)14-15-9-10-16-5-1-3-7-18(16)13-15/h1-13H,14H2,(H,21,22)/p-1/b12-11+. The van der Waals surface area contributed by atoms with Crippen molar-refractivity contribution in [2.24, 2.45) is 0 Å². The van der Waals surface area contributed by atoms with Crippen LogP contribution in [0.3, 0.4) is 0 Å². The summed E-state index contributed by atoms with van der Waals surface area (Å²) in [6.07, 6.45) is 3.42. The number of hydrogen-bond acceptors (Lipinski definition) is 2. The average Bonchev–Trinajstić information content (AvgIpc) is 2.54. The summed E-state index contributed by atoms with van der Waals surface area (Å²) < 4.78 is 0. The van der Waals surface area contributed by atoms with Gasteiger partial charge in [-0.05, 0) is 40.0 Å². The largest absolute Gasteiger partial charge is 0.545 e. The molecule has 0 radical (unpaired) electrons. The van der Waals surface area contributed by atoms with Crippen LogP contribution in [0.4, 0.5) is 0 Å². The number of carboxylic acid groups (broad SMARTS) is 1. The second-order valence-electron chi connectivity index (χ2n) is 5.21. The van der Waals surface area contributed by atoms with E-state index in [-0.39, 0.29) is 0 Å². The van der Waals surface area contributed by atoms with Crippen molar-refractivity contribution < 1.29 is 9.90 Å². The Morgan fingerprint density at radius 2 is 1.64 bits per heavy atom. The molecule has 3 rings (SSSR count). The van der Waals surface area contributed by atoms with Gasteiger partial charge in [0.2, 0.25) is 0 Å². The Labute approximate surface area is 129 Å². The average molecular weight is 287 g/mol. The van der Waals surface area contributed by atoms with E-state index in [4.69, 9.17) is 0 Å². The third kappa shape index (κ3) is 3.23. The summed E-state index contributed by atoms with van der Waals surface area (Å²) in [4.78, 5) is 10.6. The normalized spacial score (nSPS) is 11.1. The highest BCUT2D eigenvalue weighted by Gasteiger charge is 2.02. The molecule has 0 aliphatic heterocycles. The topological polar surface area (TPSA) is 40.1 Å². The zero-order valence-electron chi connectivity index (χ0n) is 12.0. The summed E-state index contributed by atoms with van der Waals surface area (Å²) in [6.45, 7) is 0. The van der Waals surface area contributed by atoms with Crippen LogP contribution >= 0.6 is 0 Å². The Morgan fingerprint density at radius 1 is 0.909 bits per heavy atom. The van der Waals surface area contributed by atoms with Gasteiger partial charge in [0.25, 0.3) is 0 Å². The van der Waals surface area contributed by atoms with Gasteiger partial charge in [0.05, 0.1) is 5.97 Å². The number of carboxylic acids is 1. The van der Waals surface area contributed by atoms with E-state index in [1.165, 1.54) is 16.3 Å². The zero-order chi connectivity index (χ0) is 15.4. The van der Waals surface area contributed by atoms with Crippen molar-refractivity contribution in [2.75, 3.05) is 0 Å². The van der Waals surface area contributed by atoms with Crippen LogP contribution in [-0.4, -0.2) is 5.97 Å². The van der Waals surface area contributed by atoms with Crippen LogP contribution in [0.15, 0.2) is 72.8 Å². The first kappa shape index (κ1) is 14.1. The van der Waals surface area contributed by atoms with E-state index in [0.29, 0.717) is 0 Å². The summed E-state index contributed by atoms with van der Waals surface area (Å²) in [5.41, 5.74) is 3.20. The Bertz CT molecular complexity index is 847. The van der Waals surface area contributed by atoms with Gasteiger partial charge in [-0.3, -0.25) is 0 Å². The number of fused-ring (bicyclic) bond motifs is 1. The molecule has 0 saturated heterocycles. The van der Waals surface area contributed by atoms with Gasteiger partial charge in [-0.25, -0.2) is 0 Å². The minimum Gasteiger partial charge on any atom is -0.545 e. The molecule has 0 N–H and O–H groups in total. The second kappa shape index (κ2) is 6.27. The van der Waals surface area contributed by atoms with Gasteiger partial charge in [-0.2, -0.15) is 0 Å². The summed E-state index contributed by atoms with van der Waals surface area (Å²) in [5, 5.41) is 13.0. The fourth-order valence-corrected chi connectivity index (χ4v) is 2.58. The number of aliphatic carboxylic acids is 1. The molecule has 108 valence electrons. The van der Waals surface area contributed by atoms with Crippen LogP contribution in [0.1, 0.15) is 16.7 Å². The van der Waals surface area contributed by atoms with Crippen molar-refractivity contribution in [1.29, 1.82) is 0 Å². The van der Waals surface area contributed by atoms with Gasteiger partial charge in [-0.15, -0.1) is 0 Å². The van der Waals surface area contributed by atoms with Crippen LogP contribution in [0.5, 0.6) is 0 Å². The highest BCUT2D eigenvalue weighted by Crippen LogP contribution is 2.20. The molecule has 0 unspecified atom stereocenters. The third-order valence-electron chi connectivity index (χ3n) is 3.66. The Kier molecular flexibility index (Phi) is 4.01. The van der Waals surface area contributed by atoms with Crippen LogP contribution < -0.4 is 5.11 Å². The highest BCUT2D eigenvalue weighted by atomic mass is 16.4. The third-order valence-corrected chi connectivity index (χ3v) is 3.66. The number of hydrogen-bond donors (Lipinski definition) is 0. The minimum absolute atomic E-state index is 0.762. The van der Waals surface area contributed by atoms with Gasteiger partial charge >= 0.3 is 0 Å². The van der Waals surface area contributed by atoms with E-state index < -0.39 is 5.97 Å². The lowest BCUT2D eigenvalue weighted by atomic mass is 9.97. The molecule has 0 spiro atoms. The Hall–Kier alpha value is -2.87. The van der Waals surface area contributed by atoms with Crippen molar-refractivity contribution in [1.82, 2.24) is 0 Å². The van der Waals surface area contributed by atoms with Crippen LogP contribution in [0, 0.1) is 0 Å². The fourth-order valence-electron chi connectivity index (χ4n) is 2.58. The van der Waals surface area contributed by atoms with E-state index in [9.17, 15) is 9.90 Å². The van der Waals surface area contributed by atoms with Crippen molar-refractivity contribution in [2.45, 2.75) is 6.42 Å². The Morgan fingerprint density at radius 3 is 2.45 bits per heavy atom. The van der Waals surface area contributed by atoms with Crippen LogP contribution in [-0.2, 0) is 11.2 Å². The number of rotatable bonds is 4. The molecule has 0 fully saturated rings. The first-order valence-electron chi connectivity index (χ1n) is 7.17. The second-order valence-corrected chi connectivity index (χ2v) is 5.21. The summed E-state index contributed by atoms with van der Waals surface area (Å²) >= 11 is 0. The molecule has 22 heavy (non-hydrogen) atoms. The van der Waals surface area contributed by atoms with Gasteiger partial charge in [0, 0.05) is 0 Å². The van der Waals surface area contributed by atoms with Crippen molar-refractivity contribution in [3.8, 4) is 0 Å². The molecular formula is C20H15O2-. The number of carbonyl (C=O) groups excluding carboxylic acids is 1. The van der Waals surface area contributed by atoms with Crippen molar-refractivity contribution in [3.63, 3.8) is 0 Å². The molecule has 3 aromatic carbocycles. The fraction of sp³-hybridized carbons (Fsp3) is 0.0500. The van der Waals surface area contributed by atoms with Crippen LogP contribution in [0.25, 0.3) is 16.8 Å². The highest BCUT2D eigenvalue weighted by molar-refractivity contribution is 5.84.